The Labute approximate surface area is 155 Å². The Morgan fingerprint density at radius 3 is 2.26 bits per heavy atom. The molecular weight excluding hydrogens is 350 g/mol. The third-order valence-electron chi connectivity index (χ3n) is 4.68. The zero-order valence-corrected chi connectivity index (χ0v) is 14.8. The van der Waals surface area contributed by atoms with E-state index in [9.17, 15) is 24.8 Å². The van der Waals surface area contributed by atoms with Gasteiger partial charge in [-0.1, -0.05) is 18.2 Å². The lowest BCUT2D eigenvalue weighted by molar-refractivity contribution is -0.384. The highest BCUT2D eigenvalue weighted by Gasteiger charge is 2.25. The number of carbonyl (C=O) groups excluding carboxylic acids is 1. The van der Waals surface area contributed by atoms with Gasteiger partial charge in [0.1, 0.15) is 5.69 Å². The largest absolute Gasteiger partial charge is 0.478 e. The number of benzene rings is 2. The maximum atomic E-state index is 12.8. The number of nitro benzene ring substituents is 1. The summed E-state index contributed by atoms with van der Waals surface area (Å²) in [6.07, 6.45) is 0. The summed E-state index contributed by atoms with van der Waals surface area (Å²) in [5.41, 5.74) is 0.280. The van der Waals surface area contributed by atoms with Crippen LogP contribution in [0.4, 0.5) is 11.4 Å². The molecule has 0 unspecified atom stereocenters. The number of hydrogen-bond donors (Lipinski definition) is 1. The normalized spacial score (nSPS) is 14.8. The quantitative estimate of drug-likeness (QED) is 0.490. The number of piperazine rings is 1. The number of hydrogen-bond acceptors (Lipinski definition) is 6. The minimum Gasteiger partial charge on any atom is -0.478 e. The summed E-state index contributed by atoms with van der Waals surface area (Å²) in [5.74, 6) is -1.77. The van der Waals surface area contributed by atoms with Crippen molar-refractivity contribution in [1.29, 1.82) is 0 Å². The molecule has 0 saturated carbocycles. The van der Waals surface area contributed by atoms with Gasteiger partial charge in [0.15, 0.2) is 5.78 Å². The number of likely N-dealkylation sites (N-methyl/N-ethyl adjacent to an activating group) is 1. The fraction of sp³-hybridized carbons (Fsp3) is 0.263. The van der Waals surface area contributed by atoms with Gasteiger partial charge < -0.3 is 14.9 Å². The lowest BCUT2D eigenvalue weighted by Gasteiger charge is -2.33. The van der Waals surface area contributed by atoms with Crippen molar-refractivity contribution in [3.05, 3.63) is 69.3 Å². The van der Waals surface area contributed by atoms with E-state index in [1.807, 2.05) is 11.9 Å². The van der Waals surface area contributed by atoms with Gasteiger partial charge in [0, 0.05) is 43.4 Å². The van der Waals surface area contributed by atoms with E-state index < -0.39 is 16.7 Å². The predicted molar refractivity (Wildman–Crippen MR) is 99.6 cm³/mol. The van der Waals surface area contributed by atoms with Crippen LogP contribution in [0.1, 0.15) is 26.3 Å². The van der Waals surface area contributed by atoms with Crippen LogP contribution in [0.2, 0.25) is 0 Å². The second-order valence-corrected chi connectivity index (χ2v) is 6.43. The Morgan fingerprint density at radius 2 is 1.67 bits per heavy atom. The lowest BCUT2D eigenvalue weighted by atomic mass is 9.97. The summed E-state index contributed by atoms with van der Waals surface area (Å²) in [7, 11) is 1.99. The van der Waals surface area contributed by atoms with Gasteiger partial charge in [-0.15, -0.1) is 0 Å². The summed E-state index contributed by atoms with van der Waals surface area (Å²) < 4.78 is 0. The number of nitro groups is 1. The first-order valence-corrected chi connectivity index (χ1v) is 8.47. The molecule has 1 aliphatic rings. The highest BCUT2D eigenvalue weighted by molar-refractivity contribution is 6.14. The van der Waals surface area contributed by atoms with E-state index in [1.54, 1.807) is 12.1 Å². The third kappa shape index (κ3) is 3.80. The number of aromatic carboxylic acids is 1. The molecule has 0 aliphatic carbocycles. The van der Waals surface area contributed by atoms with E-state index in [0.717, 1.165) is 13.1 Å². The number of carbonyl (C=O) groups is 2. The molecule has 140 valence electrons. The molecule has 3 rings (SSSR count). The molecular formula is C19H19N3O5. The molecule has 1 fully saturated rings. The Balaban J connectivity index is 1.98. The molecule has 0 atom stereocenters. The summed E-state index contributed by atoms with van der Waals surface area (Å²) in [6.45, 7) is 2.91. The van der Waals surface area contributed by atoms with Crippen LogP contribution in [0.15, 0.2) is 42.5 Å². The molecule has 1 saturated heterocycles. The fourth-order valence-corrected chi connectivity index (χ4v) is 3.15. The molecule has 8 nitrogen and oxygen atoms in total. The average Bonchev–Trinajstić information content (AvgIpc) is 2.67. The molecule has 27 heavy (non-hydrogen) atoms. The van der Waals surface area contributed by atoms with E-state index in [0.29, 0.717) is 18.8 Å². The number of ketones is 1. The van der Waals surface area contributed by atoms with Gasteiger partial charge in [-0.2, -0.15) is 0 Å². The van der Waals surface area contributed by atoms with Crippen molar-refractivity contribution < 1.29 is 19.6 Å². The van der Waals surface area contributed by atoms with Crippen molar-refractivity contribution in [3.63, 3.8) is 0 Å². The maximum absolute atomic E-state index is 12.8. The molecule has 2 aromatic carbocycles. The molecule has 2 aromatic rings. The summed E-state index contributed by atoms with van der Waals surface area (Å²) in [6, 6.07) is 10.1. The van der Waals surface area contributed by atoms with Crippen LogP contribution in [0.5, 0.6) is 0 Å². The first kappa shape index (κ1) is 18.5. The Hall–Kier alpha value is -3.26. The zero-order chi connectivity index (χ0) is 19.6. The Kier molecular flexibility index (Phi) is 5.18. The van der Waals surface area contributed by atoms with Crippen LogP contribution in [-0.4, -0.2) is 59.9 Å². The second kappa shape index (κ2) is 7.55. The van der Waals surface area contributed by atoms with E-state index in [4.69, 9.17) is 0 Å². The smallest absolute Gasteiger partial charge is 0.336 e. The highest BCUT2D eigenvalue weighted by atomic mass is 16.6. The van der Waals surface area contributed by atoms with Crippen LogP contribution in [-0.2, 0) is 0 Å². The monoisotopic (exact) mass is 369 g/mol. The van der Waals surface area contributed by atoms with Crippen molar-refractivity contribution in [2.75, 3.05) is 38.1 Å². The van der Waals surface area contributed by atoms with Gasteiger partial charge in [-0.05, 0) is 25.2 Å². The van der Waals surface area contributed by atoms with E-state index in [1.165, 1.54) is 30.3 Å². The zero-order valence-electron chi connectivity index (χ0n) is 14.8. The Bertz CT molecular complexity index is 904. The van der Waals surface area contributed by atoms with E-state index >= 15 is 0 Å². The lowest BCUT2D eigenvalue weighted by Crippen LogP contribution is -2.44. The van der Waals surface area contributed by atoms with Crippen LogP contribution >= 0.6 is 0 Å². The SMILES string of the molecule is CN1CCN(c2ccc(C(=O)c3ccccc3C(=O)O)cc2[N+](=O)[O-])CC1. The van der Waals surface area contributed by atoms with Crippen LogP contribution < -0.4 is 4.90 Å². The van der Waals surface area contributed by atoms with Crippen LogP contribution in [0.25, 0.3) is 0 Å². The van der Waals surface area contributed by atoms with Crippen molar-refractivity contribution in [3.8, 4) is 0 Å². The first-order chi connectivity index (χ1) is 12.9. The van der Waals surface area contributed by atoms with E-state index in [-0.39, 0.29) is 22.4 Å². The Morgan fingerprint density at radius 1 is 1.04 bits per heavy atom. The number of carboxylic acid groups (broad SMARTS) is 1. The van der Waals surface area contributed by atoms with Gasteiger partial charge in [0.05, 0.1) is 10.5 Å². The van der Waals surface area contributed by atoms with Crippen molar-refractivity contribution >= 4 is 23.1 Å². The second-order valence-electron chi connectivity index (χ2n) is 6.43. The molecule has 0 bridgehead atoms. The number of anilines is 1. The summed E-state index contributed by atoms with van der Waals surface area (Å²) in [5, 5.41) is 20.8. The third-order valence-corrected chi connectivity index (χ3v) is 4.68. The number of carboxylic acids is 1. The minimum absolute atomic E-state index is 0.00615. The van der Waals surface area contributed by atoms with Crippen molar-refractivity contribution in [2.45, 2.75) is 0 Å². The molecule has 0 radical (unpaired) electrons. The summed E-state index contributed by atoms with van der Waals surface area (Å²) >= 11 is 0. The number of nitrogens with zero attached hydrogens (tertiary/aromatic N) is 3. The molecule has 0 amide bonds. The predicted octanol–water partition coefficient (Wildman–Crippen LogP) is 2.28. The van der Waals surface area contributed by atoms with E-state index in [2.05, 4.69) is 4.90 Å². The van der Waals surface area contributed by atoms with Gasteiger partial charge in [0.2, 0.25) is 0 Å². The van der Waals surface area contributed by atoms with Gasteiger partial charge >= 0.3 is 5.97 Å². The van der Waals surface area contributed by atoms with Crippen molar-refractivity contribution in [1.82, 2.24) is 4.90 Å². The number of rotatable bonds is 5. The topological polar surface area (TPSA) is 104 Å². The fourth-order valence-electron chi connectivity index (χ4n) is 3.15. The highest BCUT2D eigenvalue weighted by Crippen LogP contribution is 2.31. The maximum Gasteiger partial charge on any atom is 0.336 e. The molecule has 1 heterocycles. The molecule has 0 aromatic heterocycles. The standard InChI is InChI=1S/C19H19N3O5/c1-20-8-10-21(11-9-20)16-7-6-13(12-17(16)22(26)27)18(23)14-4-2-3-5-15(14)19(24)25/h2-7,12H,8-11H2,1H3,(H,24,25). The summed E-state index contributed by atoms with van der Waals surface area (Å²) in [4.78, 5) is 39.3. The van der Waals surface area contributed by atoms with Gasteiger partial charge in [-0.3, -0.25) is 14.9 Å². The van der Waals surface area contributed by atoms with Crippen LogP contribution in [0.3, 0.4) is 0 Å². The first-order valence-electron chi connectivity index (χ1n) is 8.47. The molecule has 8 heteroatoms. The van der Waals surface area contributed by atoms with Crippen LogP contribution in [0, 0.1) is 10.1 Å². The molecule has 0 spiro atoms. The molecule has 1 aliphatic heterocycles. The van der Waals surface area contributed by atoms with Crippen molar-refractivity contribution in [2.24, 2.45) is 0 Å². The van der Waals surface area contributed by atoms with Gasteiger partial charge in [0.25, 0.3) is 5.69 Å². The van der Waals surface area contributed by atoms with Gasteiger partial charge in [-0.25, -0.2) is 4.79 Å². The minimum atomic E-state index is -1.22. The average molecular weight is 369 g/mol. The molecule has 1 N–H and O–H groups in total.